The van der Waals surface area contributed by atoms with Gasteiger partial charge in [0.25, 0.3) is 0 Å². The van der Waals surface area contributed by atoms with Gasteiger partial charge in [-0.2, -0.15) is 5.10 Å². The summed E-state index contributed by atoms with van der Waals surface area (Å²) >= 11 is 0. The Bertz CT molecular complexity index is 545. The first-order chi connectivity index (χ1) is 8.22. The fourth-order valence-corrected chi connectivity index (χ4v) is 1.55. The molecule has 2 rings (SSSR count). The van der Waals surface area contributed by atoms with Gasteiger partial charge in [0.2, 0.25) is 0 Å². The molecule has 2 N–H and O–H groups in total. The molecule has 0 aromatic carbocycles. The lowest BCUT2D eigenvalue weighted by Crippen LogP contribution is -2.29. The van der Waals surface area contributed by atoms with Crippen molar-refractivity contribution < 1.29 is 0 Å². The minimum Gasteiger partial charge on any atom is -0.358 e. The fraction of sp³-hybridized carbons (Fsp3) is 0.500. The quantitative estimate of drug-likeness (QED) is 0.682. The molecule has 0 aliphatic heterocycles. The Morgan fingerprint density at radius 3 is 3.18 bits per heavy atom. The van der Waals surface area contributed by atoms with Gasteiger partial charge in [-0.3, -0.25) is 0 Å². The topological polar surface area (TPSA) is 78.3 Å². The largest absolute Gasteiger partial charge is 0.358 e. The maximum atomic E-state index is 11.3. The SMILES string of the molecule is CCNCCN(C)c1cc2n[nH]c(=O)n2cn1. The van der Waals surface area contributed by atoms with Crippen LogP contribution in [0.4, 0.5) is 5.82 Å². The zero-order valence-corrected chi connectivity index (χ0v) is 9.97. The molecule has 17 heavy (non-hydrogen) atoms. The van der Waals surface area contributed by atoms with Gasteiger partial charge in [-0.15, -0.1) is 0 Å². The highest BCUT2D eigenvalue weighted by Crippen LogP contribution is 2.08. The van der Waals surface area contributed by atoms with Crippen LogP contribution in [0.3, 0.4) is 0 Å². The van der Waals surface area contributed by atoms with Crippen molar-refractivity contribution in [3.63, 3.8) is 0 Å². The predicted octanol–water partition coefficient (Wildman–Crippen LogP) is -0.537. The lowest BCUT2D eigenvalue weighted by molar-refractivity contribution is 0.702. The lowest BCUT2D eigenvalue weighted by Gasteiger charge is -2.17. The Balaban J connectivity index is 2.15. The molecule has 7 heteroatoms. The van der Waals surface area contributed by atoms with Crippen LogP contribution in [-0.4, -0.2) is 46.3 Å². The maximum Gasteiger partial charge on any atom is 0.348 e. The number of anilines is 1. The summed E-state index contributed by atoms with van der Waals surface area (Å²) in [5.41, 5.74) is 0.310. The maximum absolute atomic E-state index is 11.3. The Morgan fingerprint density at radius 2 is 2.41 bits per heavy atom. The highest BCUT2D eigenvalue weighted by Gasteiger charge is 2.05. The second-order valence-corrected chi connectivity index (χ2v) is 3.78. The first-order valence-corrected chi connectivity index (χ1v) is 5.57. The van der Waals surface area contributed by atoms with Crippen LogP contribution in [-0.2, 0) is 0 Å². The molecule has 0 atom stereocenters. The molecule has 0 bridgehead atoms. The van der Waals surface area contributed by atoms with Crippen LogP contribution < -0.4 is 15.9 Å². The molecule has 0 spiro atoms. The Labute approximate surface area is 98.5 Å². The van der Waals surface area contributed by atoms with Crippen molar-refractivity contribution in [3.8, 4) is 0 Å². The molecular weight excluding hydrogens is 220 g/mol. The van der Waals surface area contributed by atoms with Gasteiger partial charge in [0, 0.05) is 26.2 Å². The summed E-state index contributed by atoms with van der Waals surface area (Å²) in [6, 6.07) is 1.78. The summed E-state index contributed by atoms with van der Waals surface area (Å²) in [4.78, 5) is 17.5. The van der Waals surface area contributed by atoms with E-state index in [1.54, 1.807) is 6.07 Å². The first kappa shape index (κ1) is 11.6. The Kier molecular flexibility index (Phi) is 3.38. The molecule has 0 amide bonds. The average molecular weight is 236 g/mol. The molecule has 0 aliphatic carbocycles. The number of H-pyrrole nitrogens is 1. The van der Waals surface area contributed by atoms with Crippen molar-refractivity contribution in [2.45, 2.75) is 6.92 Å². The number of hydrogen-bond acceptors (Lipinski definition) is 5. The third-order valence-corrected chi connectivity index (χ3v) is 2.56. The zero-order valence-electron chi connectivity index (χ0n) is 9.97. The van der Waals surface area contributed by atoms with Crippen molar-refractivity contribution >= 4 is 11.5 Å². The number of nitrogens with zero attached hydrogens (tertiary/aromatic N) is 4. The van der Waals surface area contributed by atoms with Crippen LogP contribution in [0.1, 0.15) is 6.92 Å². The average Bonchev–Trinajstić information content (AvgIpc) is 2.71. The molecule has 0 aliphatic rings. The zero-order chi connectivity index (χ0) is 12.3. The van der Waals surface area contributed by atoms with Gasteiger partial charge < -0.3 is 10.2 Å². The molecule has 0 saturated carbocycles. The van der Waals surface area contributed by atoms with E-state index in [1.807, 2.05) is 11.9 Å². The Morgan fingerprint density at radius 1 is 1.59 bits per heavy atom. The normalized spacial score (nSPS) is 10.9. The van der Waals surface area contributed by atoms with E-state index in [2.05, 4.69) is 27.4 Å². The smallest absolute Gasteiger partial charge is 0.348 e. The van der Waals surface area contributed by atoms with E-state index in [1.165, 1.54) is 10.7 Å². The molecule has 0 fully saturated rings. The molecule has 92 valence electrons. The number of rotatable bonds is 5. The summed E-state index contributed by atoms with van der Waals surface area (Å²) in [5.74, 6) is 0.800. The number of aromatic amines is 1. The van der Waals surface area contributed by atoms with E-state index in [9.17, 15) is 4.79 Å². The summed E-state index contributed by atoms with van der Waals surface area (Å²) in [5, 5.41) is 9.53. The van der Waals surface area contributed by atoms with Crippen LogP contribution in [0, 0.1) is 0 Å². The van der Waals surface area contributed by atoms with Crippen molar-refractivity contribution in [2.24, 2.45) is 0 Å². The highest BCUT2D eigenvalue weighted by molar-refractivity contribution is 5.49. The van der Waals surface area contributed by atoms with Gasteiger partial charge >= 0.3 is 5.69 Å². The lowest BCUT2D eigenvalue weighted by atomic mass is 10.4. The number of fused-ring (bicyclic) bond motifs is 1. The van der Waals surface area contributed by atoms with Crippen LogP contribution in [0.5, 0.6) is 0 Å². The molecule has 7 nitrogen and oxygen atoms in total. The second-order valence-electron chi connectivity index (χ2n) is 3.78. The van der Waals surface area contributed by atoms with E-state index in [4.69, 9.17) is 0 Å². The van der Waals surface area contributed by atoms with E-state index in [0.29, 0.717) is 5.65 Å². The van der Waals surface area contributed by atoms with Crippen molar-refractivity contribution in [1.29, 1.82) is 0 Å². The number of aromatic nitrogens is 4. The van der Waals surface area contributed by atoms with E-state index < -0.39 is 0 Å². The summed E-state index contributed by atoms with van der Waals surface area (Å²) in [6.45, 7) is 4.77. The van der Waals surface area contributed by atoms with E-state index >= 15 is 0 Å². The molecule has 0 unspecified atom stereocenters. The standard InChI is InChI=1S/C10H16N6O/c1-3-11-4-5-15(2)8-6-9-13-14-10(17)16(9)7-12-8/h6-7,11H,3-5H2,1-2H3,(H,14,17). The van der Waals surface area contributed by atoms with Gasteiger partial charge in [0.15, 0.2) is 5.65 Å². The minimum atomic E-state index is -0.269. The van der Waals surface area contributed by atoms with Crippen molar-refractivity contribution in [1.82, 2.24) is 24.9 Å². The van der Waals surface area contributed by atoms with Gasteiger partial charge in [-0.1, -0.05) is 6.92 Å². The molecule has 0 radical (unpaired) electrons. The minimum absolute atomic E-state index is 0.269. The van der Waals surface area contributed by atoms with Gasteiger partial charge in [0.1, 0.15) is 12.1 Å². The van der Waals surface area contributed by atoms with Crippen LogP contribution >= 0.6 is 0 Å². The highest BCUT2D eigenvalue weighted by atomic mass is 16.1. The molecule has 2 heterocycles. The van der Waals surface area contributed by atoms with Crippen LogP contribution in [0.2, 0.25) is 0 Å². The number of likely N-dealkylation sites (N-methyl/N-ethyl adjacent to an activating group) is 2. The monoisotopic (exact) mass is 236 g/mol. The third kappa shape index (κ3) is 2.44. The molecule has 0 saturated heterocycles. The van der Waals surface area contributed by atoms with Crippen molar-refractivity contribution in [2.75, 3.05) is 31.6 Å². The predicted molar refractivity (Wildman–Crippen MR) is 65.4 cm³/mol. The van der Waals surface area contributed by atoms with Crippen LogP contribution in [0.15, 0.2) is 17.2 Å². The van der Waals surface area contributed by atoms with E-state index in [-0.39, 0.29) is 5.69 Å². The third-order valence-electron chi connectivity index (χ3n) is 2.56. The molecular formula is C10H16N6O. The van der Waals surface area contributed by atoms with Gasteiger partial charge in [0.05, 0.1) is 0 Å². The van der Waals surface area contributed by atoms with Gasteiger partial charge in [-0.05, 0) is 6.54 Å². The van der Waals surface area contributed by atoms with Gasteiger partial charge in [-0.25, -0.2) is 19.3 Å². The number of hydrogen-bond donors (Lipinski definition) is 2. The fourth-order valence-electron chi connectivity index (χ4n) is 1.55. The second kappa shape index (κ2) is 4.96. The molecule has 2 aromatic rings. The molecule has 2 aromatic heterocycles. The summed E-state index contributed by atoms with van der Waals surface area (Å²) in [7, 11) is 1.96. The number of nitrogens with one attached hydrogen (secondary N) is 2. The van der Waals surface area contributed by atoms with Crippen molar-refractivity contribution in [3.05, 3.63) is 22.9 Å². The first-order valence-electron chi connectivity index (χ1n) is 5.57. The van der Waals surface area contributed by atoms with Crippen LogP contribution in [0.25, 0.3) is 5.65 Å². The van der Waals surface area contributed by atoms with E-state index in [0.717, 1.165) is 25.5 Å². The summed E-state index contributed by atoms with van der Waals surface area (Å²) in [6.07, 6.45) is 1.49. The Hall–Kier alpha value is -1.89. The summed E-state index contributed by atoms with van der Waals surface area (Å²) < 4.78 is 1.38.